The molecule has 0 heterocycles. The molecule has 1 rings (SSSR count). The van der Waals surface area contributed by atoms with Crippen LogP contribution in [0.15, 0.2) is 18.2 Å². The van der Waals surface area contributed by atoms with E-state index in [-0.39, 0.29) is 12.0 Å². The predicted molar refractivity (Wildman–Crippen MR) is 51.9 cm³/mol. The maximum Gasteiger partial charge on any atom is 0.417 e. The Hall–Kier alpha value is -2.03. The lowest BCUT2D eigenvalue weighted by Crippen LogP contribution is -2.10. The Kier molecular flexibility index (Phi) is 3.73. The second-order valence-electron chi connectivity index (χ2n) is 3.24. The van der Waals surface area contributed by atoms with Gasteiger partial charge in [0.05, 0.1) is 30.7 Å². The van der Waals surface area contributed by atoms with Crippen LogP contribution in [-0.4, -0.2) is 13.1 Å². The molecule has 0 radical (unpaired) electrons. The summed E-state index contributed by atoms with van der Waals surface area (Å²) in [6.45, 7) is 0. The summed E-state index contributed by atoms with van der Waals surface area (Å²) in [6, 6.07) is 4.59. The average Bonchev–Trinajstić information content (AvgIpc) is 2.27. The van der Waals surface area contributed by atoms with Gasteiger partial charge in [0.15, 0.2) is 0 Å². The van der Waals surface area contributed by atoms with E-state index in [0.29, 0.717) is 0 Å². The summed E-state index contributed by atoms with van der Waals surface area (Å²) in [4.78, 5) is 10.9. The molecule has 0 aliphatic carbocycles. The molecule has 1 aromatic carbocycles. The van der Waals surface area contributed by atoms with Crippen LogP contribution >= 0.6 is 0 Å². The highest BCUT2D eigenvalue weighted by Gasteiger charge is 2.33. The summed E-state index contributed by atoms with van der Waals surface area (Å²) in [5.41, 5.74) is -1.35. The van der Waals surface area contributed by atoms with Gasteiger partial charge in [0.1, 0.15) is 0 Å². The first-order valence-electron chi connectivity index (χ1n) is 4.55. The second kappa shape index (κ2) is 4.87. The van der Waals surface area contributed by atoms with E-state index in [4.69, 9.17) is 5.26 Å². The van der Waals surface area contributed by atoms with Crippen LogP contribution < -0.4 is 0 Å². The van der Waals surface area contributed by atoms with Crippen molar-refractivity contribution in [2.45, 2.75) is 12.6 Å². The molecule has 0 aromatic heterocycles. The van der Waals surface area contributed by atoms with Crippen molar-refractivity contribution in [3.8, 4) is 6.07 Å². The Balaban J connectivity index is 3.15. The molecule has 0 saturated carbocycles. The zero-order valence-electron chi connectivity index (χ0n) is 8.84. The highest BCUT2D eigenvalue weighted by molar-refractivity contribution is 5.72. The maximum atomic E-state index is 12.6. The van der Waals surface area contributed by atoms with E-state index in [1.165, 1.54) is 12.1 Å². The van der Waals surface area contributed by atoms with Crippen LogP contribution in [0.2, 0.25) is 0 Å². The summed E-state index contributed by atoms with van der Waals surface area (Å²) >= 11 is 0. The van der Waals surface area contributed by atoms with E-state index < -0.39 is 23.3 Å². The molecule has 0 bridgehead atoms. The van der Waals surface area contributed by atoms with E-state index in [1.807, 2.05) is 0 Å². The molecule has 0 aliphatic heterocycles. The molecule has 0 aliphatic rings. The largest absolute Gasteiger partial charge is 0.469 e. The number of nitrogens with zero attached hydrogens (tertiary/aromatic N) is 1. The number of ether oxygens (including phenoxy) is 1. The fourth-order valence-electron chi connectivity index (χ4n) is 1.27. The van der Waals surface area contributed by atoms with Gasteiger partial charge in [-0.3, -0.25) is 4.79 Å². The standard InChI is InChI=1S/C11H8F3NO2/c1-17-10(16)5-7-2-3-8(6-15)9(4-7)11(12,13)14/h2-4H,5H2,1H3. The third-order valence-electron chi connectivity index (χ3n) is 2.09. The number of rotatable bonds is 2. The van der Waals surface area contributed by atoms with Crippen LogP contribution in [0.1, 0.15) is 16.7 Å². The number of nitriles is 1. The minimum Gasteiger partial charge on any atom is -0.469 e. The summed E-state index contributed by atoms with van der Waals surface area (Å²) in [5.74, 6) is -0.636. The monoisotopic (exact) mass is 243 g/mol. The summed E-state index contributed by atoms with van der Waals surface area (Å²) in [6.07, 6.45) is -4.87. The lowest BCUT2D eigenvalue weighted by atomic mass is 10.0. The van der Waals surface area contributed by atoms with Gasteiger partial charge in [-0.1, -0.05) is 6.07 Å². The first-order chi connectivity index (χ1) is 7.88. The van der Waals surface area contributed by atoms with Crippen LogP contribution in [-0.2, 0) is 22.1 Å². The quantitative estimate of drug-likeness (QED) is 0.749. The van der Waals surface area contributed by atoms with Crippen LogP contribution in [0.5, 0.6) is 0 Å². The van der Waals surface area contributed by atoms with Gasteiger partial charge >= 0.3 is 12.1 Å². The van der Waals surface area contributed by atoms with Crippen molar-refractivity contribution >= 4 is 5.97 Å². The highest BCUT2D eigenvalue weighted by Crippen LogP contribution is 2.32. The average molecular weight is 243 g/mol. The Morgan fingerprint density at radius 3 is 2.59 bits per heavy atom. The fraction of sp³-hybridized carbons (Fsp3) is 0.273. The van der Waals surface area contributed by atoms with Crippen molar-refractivity contribution in [2.24, 2.45) is 0 Å². The molecule has 0 N–H and O–H groups in total. The smallest absolute Gasteiger partial charge is 0.417 e. The Morgan fingerprint density at radius 1 is 1.47 bits per heavy atom. The van der Waals surface area contributed by atoms with Crippen LogP contribution in [0.25, 0.3) is 0 Å². The second-order valence-corrected chi connectivity index (χ2v) is 3.24. The SMILES string of the molecule is COC(=O)Cc1ccc(C#N)c(C(F)(F)F)c1. The number of hydrogen-bond donors (Lipinski definition) is 0. The number of esters is 1. The third kappa shape index (κ3) is 3.21. The van der Waals surface area contributed by atoms with Gasteiger partial charge in [0.25, 0.3) is 0 Å². The van der Waals surface area contributed by atoms with Gasteiger partial charge in [-0.05, 0) is 17.7 Å². The molecule has 0 saturated heterocycles. The van der Waals surface area contributed by atoms with Crippen molar-refractivity contribution in [1.82, 2.24) is 0 Å². The number of halogens is 3. The first-order valence-corrected chi connectivity index (χ1v) is 4.55. The number of carbonyl (C=O) groups excluding carboxylic acids is 1. The van der Waals surface area contributed by atoms with Crippen molar-refractivity contribution in [3.63, 3.8) is 0 Å². The van der Waals surface area contributed by atoms with E-state index in [1.54, 1.807) is 0 Å². The van der Waals surface area contributed by atoms with Crippen LogP contribution in [0, 0.1) is 11.3 Å². The van der Waals surface area contributed by atoms with E-state index >= 15 is 0 Å². The van der Waals surface area contributed by atoms with Gasteiger partial charge in [-0.15, -0.1) is 0 Å². The minimum absolute atomic E-state index is 0.156. The fourth-order valence-corrected chi connectivity index (χ4v) is 1.27. The van der Waals surface area contributed by atoms with Crippen molar-refractivity contribution in [3.05, 3.63) is 34.9 Å². The Labute approximate surface area is 95.4 Å². The van der Waals surface area contributed by atoms with Crippen molar-refractivity contribution in [1.29, 1.82) is 5.26 Å². The van der Waals surface area contributed by atoms with Crippen molar-refractivity contribution < 1.29 is 22.7 Å². The molecule has 6 heteroatoms. The molecule has 0 amide bonds. The van der Waals surface area contributed by atoms with Crippen LogP contribution in [0.4, 0.5) is 13.2 Å². The van der Waals surface area contributed by atoms with E-state index in [0.717, 1.165) is 19.2 Å². The molecule has 0 unspecified atom stereocenters. The third-order valence-corrected chi connectivity index (χ3v) is 2.09. The van der Waals surface area contributed by atoms with Gasteiger partial charge in [0, 0.05) is 0 Å². The molecule has 17 heavy (non-hydrogen) atoms. The van der Waals surface area contributed by atoms with Gasteiger partial charge in [-0.25, -0.2) is 0 Å². The summed E-state index contributed by atoms with van der Waals surface area (Å²) < 4.78 is 42.1. The first kappa shape index (κ1) is 13.0. The Morgan fingerprint density at radius 2 is 2.12 bits per heavy atom. The predicted octanol–water partition coefficient (Wildman–Crippen LogP) is 2.29. The van der Waals surface area contributed by atoms with Gasteiger partial charge in [-0.2, -0.15) is 18.4 Å². The molecule has 3 nitrogen and oxygen atoms in total. The number of methoxy groups -OCH3 is 1. The lowest BCUT2D eigenvalue weighted by molar-refractivity contribution is -0.140. The van der Waals surface area contributed by atoms with E-state index in [2.05, 4.69) is 4.74 Å². The van der Waals surface area contributed by atoms with E-state index in [9.17, 15) is 18.0 Å². The number of benzene rings is 1. The van der Waals surface area contributed by atoms with Gasteiger partial charge < -0.3 is 4.74 Å². The lowest BCUT2D eigenvalue weighted by Gasteiger charge is -2.10. The summed E-state index contributed by atoms with van der Waals surface area (Å²) in [7, 11) is 1.15. The number of hydrogen-bond acceptors (Lipinski definition) is 3. The summed E-state index contributed by atoms with van der Waals surface area (Å²) in [5, 5.41) is 8.56. The minimum atomic E-state index is -4.61. The molecule has 1 aromatic rings. The number of alkyl halides is 3. The Bertz CT molecular complexity index is 475. The zero-order chi connectivity index (χ0) is 13.1. The highest BCUT2D eigenvalue weighted by atomic mass is 19.4. The van der Waals surface area contributed by atoms with Crippen molar-refractivity contribution in [2.75, 3.05) is 7.11 Å². The molecule has 0 fully saturated rings. The number of carbonyl (C=O) groups is 1. The molecule has 90 valence electrons. The van der Waals surface area contributed by atoms with Gasteiger partial charge in [0.2, 0.25) is 0 Å². The molecular weight excluding hydrogens is 235 g/mol. The normalized spacial score (nSPS) is 10.8. The van der Waals surface area contributed by atoms with Crippen LogP contribution in [0.3, 0.4) is 0 Å². The zero-order valence-corrected chi connectivity index (χ0v) is 8.84. The molecular formula is C11H8F3NO2. The molecule has 0 atom stereocenters. The maximum absolute atomic E-state index is 12.6. The topological polar surface area (TPSA) is 50.1 Å². The molecule has 0 spiro atoms.